The van der Waals surface area contributed by atoms with Crippen LogP contribution in [0.2, 0.25) is 0 Å². The van der Waals surface area contributed by atoms with Gasteiger partial charge in [0, 0.05) is 29.7 Å². The van der Waals surface area contributed by atoms with Gasteiger partial charge in [0.2, 0.25) is 0 Å². The molecule has 0 aliphatic heterocycles. The molecule has 1 aromatic heterocycles. The summed E-state index contributed by atoms with van der Waals surface area (Å²) >= 11 is 0. The van der Waals surface area contributed by atoms with Gasteiger partial charge in [-0.25, -0.2) is 0 Å². The fraction of sp³-hybridized carbons (Fsp3) is 0.211. The highest BCUT2D eigenvalue weighted by Crippen LogP contribution is 2.20. The Morgan fingerprint density at radius 1 is 1.05 bits per heavy atom. The van der Waals surface area contributed by atoms with E-state index in [9.17, 15) is 4.79 Å². The maximum atomic E-state index is 12.4. The summed E-state index contributed by atoms with van der Waals surface area (Å²) in [6.07, 6.45) is 2.86. The zero-order chi connectivity index (χ0) is 15.4. The summed E-state index contributed by atoms with van der Waals surface area (Å²) in [6, 6.07) is 18.3. The van der Waals surface area contributed by atoms with Crippen molar-refractivity contribution < 1.29 is 4.79 Å². The summed E-state index contributed by atoms with van der Waals surface area (Å²) in [5.41, 5.74) is 3.17. The van der Waals surface area contributed by atoms with Gasteiger partial charge in [-0.3, -0.25) is 4.79 Å². The van der Waals surface area contributed by atoms with E-state index in [2.05, 4.69) is 17.4 Å². The molecule has 0 saturated carbocycles. The van der Waals surface area contributed by atoms with E-state index in [1.807, 2.05) is 60.3 Å². The molecule has 0 bridgehead atoms. The number of aromatic nitrogens is 1. The molecule has 0 unspecified atom stereocenters. The van der Waals surface area contributed by atoms with Crippen molar-refractivity contribution in [1.29, 1.82) is 0 Å². The monoisotopic (exact) mass is 292 g/mol. The summed E-state index contributed by atoms with van der Waals surface area (Å²) in [7, 11) is 1.97. The highest BCUT2D eigenvalue weighted by molar-refractivity contribution is 6.09. The Balaban J connectivity index is 1.60. The lowest BCUT2D eigenvalue weighted by Gasteiger charge is -2.04. The minimum absolute atomic E-state index is 0.143. The van der Waals surface area contributed by atoms with Crippen molar-refractivity contribution in [3.8, 4) is 0 Å². The topological polar surface area (TPSA) is 34.0 Å². The predicted octanol–water partition coefficient (Wildman–Crippen LogP) is 3.19. The lowest BCUT2D eigenvalue weighted by molar-refractivity contribution is 0.0993. The number of nitrogens with one attached hydrogen (secondary N) is 1. The maximum Gasteiger partial charge on any atom is 0.178 e. The van der Waals surface area contributed by atoms with Gasteiger partial charge in [0.1, 0.15) is 0 Å². The standard InChI is InChI=1S/C19H20N2O/c1-21-14-17(16-9-5-6-10-18(16)21)19(22)13-20-12-11-15-7-3-2-4-8-15/h2-10,14,20H,11-13H2,1H3. The van der Waals surface area contributed by atoms with Crippen LogP contribution in [0, 0.1) is 0 Å². The van der Waals surface area contributed by atoms with Crippen LogP contribution < -0.4 is 5.32 Å². The first-order chi connectivity index (χ1) is 10.8. The molecule has 0 radical (unpaired) electrons. The van der Waals surface area contributed by atoms with Gasteiger partial charge in [0.15, 0.2) is 5.78 Å². The lowest BCUT2D eigenvalue weighted by atomic mass is 10.1. The molecule has 3 heteroatoms. The van der Waals surface area contributed by atoms with Crippen LogP contribution in [0.4, 0.5) is 0 Å². The molecule has 0 spiro atoms. The molecule has 3 aromatic rings. The van der Waals surface area contributed by atoms with Crippen LogP contribution in [0.25, 0.3) is 10.9 Å². The predicted molar refractivity (Wildman–Crippen MR) is 90.3 cm³/mol. The zero-order valence-corrected chi connectivity index (χ0v) is 12.8. The number of aryl methyl sites for hydroxylation is 1. The number of rotatable bonds is 6. The summed E-state index contributed by atoms with van der Waals surface area (Å²) in [5, 5.41) is 4.27. The summed E-state index contributed by atoms with van der Waals surface area (Å²) in [4.78, 5) is 12.4. The summed E-state index contributed by atoms with van der Waals surface area (Å²) in [6.45, 7) is 1.18. The molecule has 22 heavy (non-hydrogen) atoms. The van der Waals surface area contributed by atoms with Crippen LogP contribution in [0.3, 0.4) is 0 Å². The average molecular weight is 292 g/mol. The Hall–Kier alpha value is -2.39. The van der Waals surface area contributed by atoms with E-state index >= 15 is 0 Å². The van der Waals surface area contributed by atoms with Crippen molar-refractivity contribution in [3.05, 3.63) is 71.9 Å². The van der Waals surface area contributed by atoms with Crippen molar-refractivity contribution in [2.45, 2.75) is 6.42 Å². The Kier molecular flexibility index (Phi) is 4.35. The van der Waals surface area contributed by atoms with Gasteiger partial charge in [-0.2, -0.15) is 0 Å². The van der Waals surface area contributed by atoms with Gasteiger partial charge >= 0.3 is 0 Å². The summed E-state index contributed by atoms with van der Waals surface area (Å²) in [5.74, 6) is 0.143. The van der Waals surface area contributed by atoms with Crippen molar-refractivity contribution in [3.63, 3.8) is 0 Å². The number of hydrogen-bond donors (Lipinski definition) is 1. The Labute approximate surface area is 130 Å². The Morgan fingerprint density at radius 3 is 2.59 bits per heavy atom. The molecule has 0 saturated heterocycles. The van der Waals surface area contributed by atoms with Crippen molar-refractivity contribution >= 4 is 16.7 Å². The second-order valence-electron chi connectivity index (χ2n) is 5.51. The smallest absolute Gasteiger partial charge is 0.178 e. The number of carbonyl (C=O) groups is 1. The first-order valence-electron chi connectivity index (χ1n) is 7.57. The second kappa shape index (κ2) is 6.58. The lowest BCUT2D eigenvalue weighted by Crippen LogP contribution is -2.25. The van der Waals surface area contributed by atoms with Gasteiger partial charge in [-0.15, -0.1) is 0 Å². The number of benzene rings is 2. The molecule has 0 aliphatic carbocycles. The largest absolute Gasteiger partial charge is 0.350 e. The molecule has 1 N–H and O–H groups in total. The Morgan fingerprint density at radius 2 is 1.77 bits per heavy atom. The highest BCUT2D eigenvalue weighted by atomic mass is 16.1. The molecule has 0 atom stereocenters. The number of fused-ring (bicyclic) bond motifs is 1. The quantitative estimate of drug-likeness (QED) is 0.559. The zero-order valence-electron chi connectivity index (χ0n) is 12.8. The molecule has 0 fully saturated rings. The van der Waals surface area contributed by atoms with Gasteiger partial charge in [0.25, 0.3) is 0 Å². The molecule has 112 valence electrons. The maximum absolute atomic E-state index is 12.4. The number of ketones is 1. The normalized spacial score (nSPS) is 11.0. The third-order valence-electron chi connectivity index (χ3n) is 3.92. The first-order valence-corrected chi connectivity index (χ1v) is 7.57. The van der Waals surface area contributed by atoms with Crippen LogP contribution in [0.5, 0.6) is 0 Å². The van der Waals surface area contributed by atoms with Crippen molar-refractivity contribution in [1.82, 2.24) is 9.88 Å². The molecule has 0 amide bonds. The first kappa shape index (κ1) is 14.5. The van der Waals surface area contributed by atoms with Gasteiger partial charge < -0.3 is 9.88 Å². The van der Waals surface area contributed by atoms with Gasteiger partial charge in [-0.1, -0.05) is 48.5 Å². The van der Waals surface area contributed by atoms with Crippen molar-refractivity contribution in [2.24, 2.45) is 7.05 Å². The Bertz CT molecular complexity index is 774. The molecule has 3 rings (SSSR count). The minimum atomic E-state index is 0.143. The van der Waals surface area contributed by atoms with E-state index < -0.39 is 0 Å². The summed E-state index contributed by atoms with van der Waals surface area (Å²) < 4.78 is 2.01. The van der Waals surface area contributed by atoms with Gasteiger partial charge in [0.05, 0.1) is 6.54 Å². The molecular formula is C19H20N2O. The SMILES string of the molecule is Cn1cc(C(=O)CNCCc2ccccc2)c2ccccc21. The van der Waals surface area contributed by atoms with Crippen LogP contribution in [0.1, 0.15) is 15.9 Å². The van der Waals surface area contributed by atoms with Gasteiger partial charge in [-0.05, 0) is 24.6 Å². The third kappa shape index (κ3) is 3.10. The van der Waals surface area contributed by atoms with E-state index in [-0.39, 0.29) is 5.78 Å². The average Bonchev–Trinajstić information content (AvgIpc) is 2.90. The second-order valence-corrected chi connectivity index (χ2v) is 5.51. The number of para-hydroxylation sites is 1. The number of carbonyl (C=O) groups excluding carboxylic acids is 1. The molecule has 3 nitrogen and oxygen atoms in total. The molecular weight excluding hydrogens is 272 g/mol. The van der Waals surface area contributed by atoms with E-state index in [4.69, 9.17) is 0 Å². The van der Waals surface area contributed by atoms with Crippen LogP contribution in [0.15, 0.2) is 60.8 Å². The minimum Gasteiger partial charge on any atom is -0.350 e. The highest BCUT2D eigenvalue weighted by Gasteiger charge is 2.12. The fourth-order valence-corrected chi connectivity index (χ4v) is 2.74. The molecule has 1 heterocycles. The number of hydrogen-bond acceptors (Lipinski definition) is 2. The molecule has 0 aliphatic rings. The van der Waals surface area contributed by atoms with E-state index in [0.29, 0.717) is 6.54 Å². The van der Waals surface area contributed by atoms with Crippen LogP contribution in [-0.4, -0.2) is 23.4 Å². The van der Waals surface area contributed by atoms with Crippen LogP contribution >= 0.6 is 0 Å². The van der Waals surface area contributed by atoms with E-state index in [1.54, 1.807) is 0 Å². The van der Waals surface area contributed by atoms with Crippen molar-refractivity contribution in [2.75, 3.05) is 13.1 Å². The number of Topliss-reactive ketones (excluding diaryl/α,β-unsaturated/α-hetero) is 1. The van der Waals surface area contributed by atoms with E-state index in [0.717, 1.165) is 29.4 Å². The fourth-order valence-electron chi connectivity index (χ4n) is 2.74. The number of nitrogens with zero attached hydrogens (tertiary/aromatic N) is 1. The van der Waals surface area contributed by atoms with Crippen LogP contribution in [-0.2, 0) is 13.5 Å². The third-order valence-corrected chi connectivity index (χ3v) is 3.92. The molecule has 2 aromatic carbocycles. The van der Waals surface area contributed by atoms with E-state index in [1.165, 1.54) is 5.56 Å².